The van der Waals surface area contributed by atoms with Crippen LogP contribution in [0.5, 0.6) is 0 Å². The summed E-state index contributed by atoms with van der Waals surface area (Å²) < 4.78 is 11.0. The maximum atomic E-state index is 13.7. The van der Waals surface area contributed by atoms with E-state index in [-0.39, 0.29) is 35.7 Å². The molecule has 1 aromatic carbocycles. The maximum absolute atomic E-state index is 13.7. The highest BCUT2D eigenvalue weighted by Gasteiger charge is 2.67. The molecule has 0 aromatic heterocycles. The van der Waals surface area contributed by atoms with Crippen LogP contribution in [-0.2, 0) is 29.3 Å². The van der Waals surface area contributed by atoms with Gasteiger partial charge >= 0.3 is 5.97 Å². The van der Waals surface area contributed by atoms with E-state index in [1.165, 1.54) is 4.90 Å². The van der Waals surface area contributed by atoms with Crippen LogP contribution in [0.15, 0.2) is 35.6 Å². The van der Waals surface area contributed by atoms with Crippen molar-refractivity contribution in [2.45, 2.75) is 39.0 Å². The number of nitrogens with zero attached hydrogens (tertiary/aromatic N) is 1. The number of fused-ring (bicyclic) bond motifs is 3. The molecule has 0 radical (unpaired) electrons. The predicted molar refractivity (Wildman–Crippen MR) is 106 cm³/mol. The molecule has 1 amide bonds. The summed E-state index contributed by atoms with van der Waals surface area (Å²) in [6.45, 7) is 5.65. The van der Waals surface area contributed by atoms with Crippen LogP contribution in [-0.4, -0.2) is 37.2 Å². The molecule has 7 nitrogen and oxygen atoms in total. The summed E-state index contributed by atoms with van der Waals surface area (Å²) in [5.74, 6) is -2.76. The molecular weight excluding hydrogens is 372 g/mol. The van der Waals surface area contributed by atoms with Crippen LogP contribution in [0.3, 0.4) is 0 Å². The van der Waals surface area contributed by atoms with Gasteiger partial charge < -0.3 is 14.4 Å². The number of amides is 1. The molecule has 0 saturated carbocycles. The summed E-state index contributed by atoms with van der Waals surface area (Å²) in [5.41, 5.74) is -0.630. The van der Waals surface area contributed by atoms with Gasteiger partial charge in [-0.1, -0.05) is 32.0 Å². The number of rotatable bonds is 2. The van der Waals surface area contributed by atoms with Crippen molar-refractivity contribution in [1.82, 2.24) is 0 Å². The molecule has 2 aliphatic heterocycles. The molecule has 2 atom stereocenters. The zero-order valence-corrected chi connectivity index (χ0v) is 17.0. The number of esters is 1. The van der Waals surface area contributed by atoms with Crippen molar-refractivity contribution >= 4 is 29.2 Å². The summed E-state index contributed by atoms with van der Waals surface area (Å²) >= 11 is 0. The molecule has 0 saturated heterocycles. The van der Waals surface area contributed by atoms with Gasteiger partial charge in [0.2, 0.25) is 11.8 Å². The highest BCUT2D eigenvalue weighted by molar-refractivity contribution is 6.23. The minimum Gasteiger partial charge on any atom is -0.465 e. The molecule has 2 unspecified atom stereocenters. The summed E-state index contributed by atoms with van der Waals surface area (Å²) in [6.07, 6.45) is 0.645. The van der Waals surface area contributed by atoms with Crippen LogP contribution in [0.2, 0.25) is 0 Å². The highest BCUT2D eigenvalue weighted by Crippen LogP contribution is 2.57. The first-order chi connectivity index (χ1) is 13.6. The van der Waals surface area contributed by atoms with E-state index in [1.54, 1.807) is 38.2 Å². The van der Waals surface area contributed by atoms with Gasteiger partial charge in [0.25, 0.3) is 0 Å². The molecule has 7 heteroatoms. The lowest BCUT2D eigenvalue weighted by Gasteiger charge is -2.44. The number of hydrogen-bond donors (Lipinski definition) is 1. The van der Waals surface area contributed by atoms with E-state index in [0.717, 1.165) is 0 Å². The number of ether oxygens (including phenoxy) is 2. The van der Waals surface area contributed by atoms with Gasteiger partial charge in [0.05, 0.1) is 12.2 Å². The topological polar surface area (TPSA) is 96.8 Å². The average molecular weight is 396 g/mol. The lowest BCUT2D eigenvalue weighted by molar-refractivity contribution is -0.150. The second-order valence-electron chi connectivity index (χ2n) is 8.58. The third-order valence-corrected chi connectivity index (χ3v) is 6.01. The number of carbonyl (C=O) groups is 3. The standard InChI is InChI=1S/C22H24N2O5/c1-5-28-19(26)17-18(23)29-15-11-21(2,3)10-14(25)16(15)22(17)12-8-6-7-9-13(12)24(4)20(22)27/h6-9,17,23H,5,10-11H2,1-4H3. The summed E-state index contributed by atoms with van der Waals surface area (Å²) in [4.78, 5) is 41.6. The minimum absolute atomic E-state index is 0.0945. The van der Waals surface area contributed by atoms with Gasteiger partial charge in [-0.05, 0) is 24.0 Å². The van der Waals surface area contributed by atoms with Gasteiger partial charge in [0.1, 0.15) is 11.2 Å². The number of Topliss-reactive ketones (excluding diaryl/α,β-unsaturated/α-hetero) is 1. The first kappa shape index (κ1) is 19.4. The Hall–Kier alpha value is -2.96. The van der Waals surface area contributed by atoms with Crippen LogP contribution in [0.1, 0.15) is 39.2 Å². The Morgan fingerprint density at radius 1 is 1.28 bits per heavy atom. The number of benzene rings is 1. The zero-order valence-electron chi connectivity index (χ0n) is 17.0. The van der Waals surface area contributed by atoms with E-state index in [1.807, 2.05) is 13.8 Å². The molecule has 1 spiro atoms. The second-order valence-corrected chi connectivity index (χ2v) is 8.58. The van der Waals surface area contributed by atoms with Crippen molar-refractivity contribution in [2.24, 2.45) is 11.3 Å². The Labute approximate surface area is 169 Å². The van der Waals surface area contributed by atoms with Crippen molar-refractivity contribution in [1.29, 1.82) is 5.41 Å². The van der Waals surface area contributed by atoms with E-state index in [4.69, 9.17) is 14.9 Å². The second kappa shape index (κ2) is 6.27. The lowest BCUT2D eigenvalue weighted by Crippen LogP contribution is -2.58. The van der Waals surface area contributed by atoms with Crippen molar-refractivity contribution in [3.63, 3.8) is 0 Å². The van der Waals surface area contributed by atoms with Gasteiger partial charge in [-0.3, -0.25) is 19.8 Å². The van der Waals surface area contributed by atoms with Gasteiger partial charge in [-0.15, -0.1) is 0 Å². The Bertz CT molecular complexity index is 993. The maximum Gasteiger partial charge on any atom is 0.320 e. The minimum atomic E-state index is -1.63. The number of hydrogen-bond acceptors (Lipinski definition) is 6. The van der Waals surface area contributed by atoms with Gasteiger partial charge in [-0.25, -0.2) is 0 Å². The number of carbonyl (C=O) groups excluding carboxylic acids is 3. The van der Waals surface area contributed by atoms with Crippen LogP contribution < -0.4 is 4.90 Å². The predicted octanol–water partition coefficient (Wildman–Crippen LogP) is 2.73. The van der Waals surface area contributed by atoms with E-state index < -0.39 is 23.2 Å². The Balaban J connectivity index is 2.08. The lowest BCUT2D eigenvalue weighted by atomic mass is 9.59. The van der Waals surface area contributed by atoms with Crippen molar-refractivity contribution in [3.05, 3.63) is 41.2 Å². The number of anilines is 1. The molecule has 0 bridgehead atoms. The van der Waals surface area contributed by atoms with Crippen LogP contribution in [0, 0.1) is 16.7 Å². The number of ketones is 1. The number of para-hydroxylation sites is 1. The highest BCUT2D eigenvalue weighted by atomic mass is 16.5. The third-order valence-electron chi connectivity index (χ3n) is 6.01. The fraction of sp³-hybridized carbons (Fsp3) is 0.455. The monoisotopic (exact) mass is 396 g/mol. The Morgan fingerprint density at radius 2 is 1.97 bits per heavy atom. The molecule has 3 aliphatic rings. The number of allylic oxidation sites excluding steroid dienone is 1. The van der Waals surface area contributed by atoms with E-state index in [0.29, 0.717) is 23.4 Å². The normalized spacial score (nSPS) is 27.7. The van der Waals surface area contributed by atoms with E-state index in [9.17, 15) is 14.4 Å². The van der Waals surface area contributed by atoms with E-state index in [2.05, 4.69) is 0 Å². The van der Waals surface area contributed by atoms with Crippen LogP contribution >= 0.6 is 0 Å². The summed E-state index contributed by atoms with van der Waals surface area (Å²) in [5, 5.41) is 8.52. The number of likely N-dealkylation sites (N-methyl/N-ethyl adjacent to an activating group) is 1. The van der Waals surface area contributed by atoms with Crippen molar-refractivity contribution in [2.75, 3.05) is 18.6 Å². The van der Waals surface area contributed by atoms with Gasteiger partial charge in [-0.2, -0.15) is 0 Å². The Morgan fingerprint density at radius 3 is 2.66 bits per heavy atom. The molecule has 2 heterocycles. The largest absolute Gasteiger partial charge is 0.465 e. The fourth-order valence-corrected chi connectivity index (χ4v) is 4.94. The smallest absolute Gasteiger partial charge is 0.320 e. The fourth-order valence-electron chi connectivity index (χ4n) is 4.94. The number of nitrogens with one attached hydrogen (secondary N) is 1. The summed E-state index contributed by atoms with van der Waals surface area (Å²) in [7, 11) is 1.62. The molecule has 29 heavy (non-hydrogen) atoms. The Kier molecular flexibility index (Phi) is 4.19. The average Bonchev–Trinajstić information content (AvgIpc) is 2.83. The van der Waals surface area contributed by atoms with Crippen molar-refractivity contribution < 1.29 is 23.9 Å². The zero-order chi connectivity index (χ0) is 21.1. The van der Waals surface area contributed by atoms with Gasteiger partial charge in [0.15, 0.2) is 11.7 Å². The third kappa shape index (κ3) is 2.49. The first-order valence-corrected chi connectivity index (χ1v) is 9.72. The molecule has 1 aromatic rings. The summed E-state index contributed by atoms with van der Waals surface area (Å²) in [6, 6.07) is 7.10. The van der Waals surface area contributed by atoms with Crippen LogP contribution in [0.4, 0.5) is 5.69 Å². The first-order valence-electron chi connectivity index (χ1n) is 9.72. The SMILES string of the molecule is CCOC(=O)C1C(=N)OC2=C(C(=O)CC(C)(C)C2)C12C(=O)N(C)c1ccccc12. The molecule has 0 fully saturated rings. The molecular formula is C22H24N2O5. The van der Waals surface area contributed by atoms with Crippen molar-refractivity contribution in [3.8, 4) is 0 Å². The molecule has 1 aliphatic carbocycles. The van der Waals surface area contributed by atoms with E-state index >= 15 is 0 Å². The molecule has 1 N–H and O–H groups in total. The quantitative estimate of drug-likeness (QED) is 0.776. The molecule has 4 rings (SSSR count). The van der Waals surface area contributed by atoms with Crippen LogP contribution in [0.25, 0.3) is 0 Å². The molecule has 152 valence electrons. The van der Waals surface area contributed by atoms with Gasteiger partial charge in [0, 0.05) is 25.6 Å².